The number of hydrogen-bond donors (Lipinski definition) is 2. The van der Waals surface area contributed by atoms with Gasteiger partial charge in [0.2, 0.25) is 0 Å². The first-order valence-corrected chi connectivity index (χ1v) is 2.60. The Morgan fingerprint density at radius 2 is 2.00 bits per heavy atom. The summed E-state index contributed by atoms with van der Waals surface area (Å²) in [6.07, 6.45) is 0. The van der Waals surface area contributed by atoms with Crippen molar-refractivity contribution in [3.8, 4) is 0 Å². The molecule has 1 rings (SSSR count). The monoisotopic (exact) mass is 174 g/mol. The molecule has 0 radical (unpaired) electrons. The summed E-state index contributed by atoms with van der Waals surface area (Å²) in [5.41, 5.74) is -1.96. The lowest BCUT2D eigenvalue weighted by Crippen LogP contribution is -2.32. The minimum Gasteiger partial charge on any atom is -0.475 e. The Hall–Kier alpha value is -2.12. The van der Waals surface area contributed by atoms with Crippen LogP contribution in [0.5, 0.6) is 0 Å². The van der Waals surface area contributed by atoms with Crippen molar-refractivity contribution in [2.24, 2.45) is 0 Å². The lowest BCUT2D eigenvalue weighted by atomic mass is 10.3. The number of carbonyl (C=O) groups is 2. The number of carboxylic acid groups (broad SMARTS) is 2. The first-order valence-electron chi connectivity index (χ1n) is 2.60. The van der Waals surface area contributed by atoms with E-state index in [0.29, 0.717) is 0 Å². The van der Waals surface area contributed by atoms with Crippen LogP contribution >= 0.6 is 0 Å². The molecule has 0 aromatic carbocycles. The molecule has 8 heteroatoms. The zero-order chi connectivity index (χ0) is 9.30. The second kappa shape index (κ2) is 2.49. The SMILES string of the molecule is O=C(O)c1no[n+]([O-])c1C(=O)O. The molecule has 1 aromatic heterocycles. The molecule has 0 saturated heterocycles. The van der Waals surface area contributed by atoms with Crippen LogP contribution < -0.4 is 4.90 Å². The Labute approximate surface area is 64.2 Å². The first kappa shape index (κ1) is 7.98. The zero-order valence-corrected chi connectivity index (χ0v) is 5.42. The lowest BCUT2D eigenvalue weighted by molar-refractivity contribution is -0.804. The van der Waals surface area contributed by atoms with Crippen molar-refractivity contribution in [1.82, 2.24) is 5.16 Å². The van der Waals surface area contributed by atoms with Crippen LogP contribution in [0.25, 0.3) is 0 Å². The van der Waals surface area contributed by atoms with Crippen LogP contribution in [-0.2, 0) is 0 Å². The van der Waals surface area contributed by atoms with Gasteiger partial charge < -0.3 is 15.4 Å². The fourth-order valence-electron chi connectivity index (χ4n) is 0.568. The van der Waals surface area contributed by atoms with E-state index in [1.165, 1.54) is 0 Å². The average molecular weight is 174 g/mol. The Morgan fingerprint density at radius 3 is 2.33 bits per heavy atom. The highest BCUT2D eigenvalue weighted by Gasteiger charge is 2.31. The molecular formula is C4H2N2O6. The fourth-order valence-corrected chi connectivity index (χ4v) is 0.568. The maximum absolute atomic E-state index is 10.4. The number of carboxylic acids is 2. The van der Waals surface area contributed by atoms with E-state index in [9.17, 15) is 14.8 Å². The van der Waals surface area contributed by atoms with Crippen LogP contribution in [0.1, 0.15) is 21.0 Å². The van der Waals surface area contributed by atoms with Crippen molar-refractivity contribution in [3.05, 3.63) is 16.6 Å². The van der Waals surface area contributed by atoms with Gasteiger partial charge in [0.1, 0.15) is 0 Å². The van der Waals surface area contributed by atoms with Gasteiger partial charge in [-0.05, 0) is 4.90 Å². The van der Waals surface area contributed by atoms with Gasteiger partial charge in [0, 0.05) is 0 Å². The molecule has 8 nitrogen and oxygen atoms in total. The summed E-state index contributed by atoms with van der Waals surface area (Å²) in [6, 6.07) is 0. The predicted molar refractivity (Wildman–Crippen MR) is 29.4 cm³/mol. The molecule has 64 valence electrons. The number of aromatic carboxylic acids is 2. The minimum absolute atomic E-state index is 0.480. The normalized spacial score (nSPS) is 9.67. The van der Waals surface area contributed by atoms with E-state index in [0.717, 1.165) is 0 Å². The minimum atomic E-state index is -1.70. The van der Waals surface area contributed by atoms with Crippen LogP contribution in [-0.4, -0.2) is 27.3 Å². The van der Waals surface area contributed by atoms with Gasteiger partial charge in [-0.1, -0.05) is 0 Å². The van der Waals surface area contributed by atoms with Crippen molar-refractivity contribution in [1.29, 1.82) is 0 Å². The summed E-state index contributed by atoms with van der Waals surface area (Å²) >= 11 is 0. The highest BCUT2D eigenvalue weighted by molar-refractivity contribution is 5.97. The molecule has 0 aliphatic heterocycles. The third kappa shape index (κ3) is 1.05. The van der Waals surface area contributed by atoms with Gasteiger partial charge in [-0.3, -0.25) is 4.63 Å². The zero-order valence-electron chi connectivity index (χ0n) is 5.42. The Bertz CT molecular complexity index is 341. The van der Waals surface area contributed by atoms with Gasteiger partial charge in [-0.25, -0.2) is 9.59 Å². The number of aromatic nitrogens is 2. The maximum Gasteiger partial charge on any atom is 0.387 e. The molecule has 0 aliphatic carbocycles. The van der Waals surface area contributed by atoms with E-state index in [-0.39, 0.29) is 0 Å². The molecule has 0 spiro atoms. The number of hydrogen-bond acceptors (Lipinski definition) is 5. The van der Waals surface area contributed by atoms with Gasteiger partial charge >= 0.3 is 23.3 Å². The van der Waals surface area contributed by atoms with E-state index in [4.69, 9.17) is 10.2 Å². The summed E-state index contributed by atoms with van der Waals surface area (Å²) in [5.74, 6) is -3.34. The van der Waals surface area contributed by atoms with Crippen LogP contribution in [0.2, 0.25) is 0 Å². The molecule has 0 fully saturated rings. The Balaban J connectivity index is 3.31. The van der Waals surface area contributed by atoms with Gasteiger partial charge in [0.25, 0.3) is 0 Å². The molecule has 0 unspecified atom stereocenters. The van der Waals surface area contributed by atoms with E-state index >= 15 is 0 Å². The molecule has 0 atom stereocenters. The lowest BCUT2D eigenvalue weighted by Gasteiger charge is -1.86. The average Bonchev–Trinajstić information content (AvgIpc) is 2.30. The highest BCUT2D eigenvalue weighted by atomic mass is 16.8. The van der Waals surface area contributed by atoms with Crippen molar-refractivity contribution < 1.29 is 29.3 Å². The molecular weight excluding hydrogens is 172 g/mol. The van der Waals surface area contributed by atoms with E-state index < -0.39 is 28.2 Å². The second-order valence-corrected chi connectivity index (χ2v) is 1.74. The second-order valence-electron chi connectivity index (χ2n) is 1.74. The number of nitrogens with zero attached hydrogens (tertiary/aromatic N) is 2. The van der Waals surface area contributed by atoms with E-state index in [2.05, 4.69) is 9.79 Å². The van der Waals surface area contributed by atoms with Crippen LogP contribution in [0.15, 0.2) is 4.63 Å². The van der Waals surface area contributed by atoms with Crippen LogP contribution in [0.4, 0.5) is 0 Å². The number of rotatable bonds is 2. The Morgan fingerprint density at radius 1 is 1.42 bits per heavy atom. The van der Waals surface area contributed by atoms with Crippen molar-refractivity contribution in [2.45, 2.75) is 0 Å². The molecule has 1 aromatic rings. The topological polar surface area (TPSA) is 128 Å². The predicted octanol–water partition coefficient (Wildman–Crippen LogP) is -1.30. The summed E-state index contributed by atoms with van der Waals surface area (Å²) < 4.78 is 3.77. The molecule has 1 heterocycles. The smallest absolute Gasteiger partial charge is 0.387 e. The molecule has 0 aliphatic rings. The van der Waals surface area contributed by atoms with Crippen LogP contribution in [0.3, 0.4) is 0 Å². The standard InChI is InChI=1S/C4H2N2O6/c7-3(8)1-2(4(9)10)6(11)12-5-1/h(H,7,8)(H,9,10). The van der Waals surface area contributed by atoms with Crippen molar-refractivity contribution >= 4 is 11.9 Å². The summed E-state index contributed by atoms with van der Waals surface area (Å²) in [4.78, 5) is 19.9. The maximum atomic E-state index is 10.4. The van der Waals surface area contributed by atoms with Crippen LogP contribution in [0, 0.1) is 5.21 Å². The summed E-state index contributed by atoms with van der Waals surface area (Å²) in [5, 5.41) is 29.8. The van der Waals surface area contributed by atoms with Crippen molar-refractivity contribution in [3.63, 3.8) is 0 Å². The summed E-state index contributed by atoms with van der Waals surface area (Å²) in [6.45, 7) is 0. The van der Waals surface area contributed by atoms with Gasteiger partial charge in [-0.2, -0.15) is 0 Å². The Kier molecular flexibility index (Phi) is 1.66. The van der Waals surface area contributed by atoms with Gasteiger partial charge in [0.05, 0.1) is 5.16 Å². The van der Waals surface area contributed by atoms with E-state index in [1.807, 2.05) is 0 Å². The first-order chi connectivity index (χ1) is 5.54. The molecule has 2 N–H and O–H groups in total. The van der Waals surface area contributed by atoms with Crippen molar-refractivity contribution in [2.75, 3.05) is 0 Å². The third-order valence-corrected chi connectivity index (χ3v) is 1.02. The summed E-state index contributed by atoms with van der Waals surface area (Å²) in [7, 11) is 0. The molecule has 0 bridgehead atoms. The highest BCUT2D eigenvalue weighted by Crippen LogP contribution is 1.99. The largest absolute Gasteiger partial charge is 0.475 e. The molecule has 0 amide bonds. The van der Waals surface area contributed by atoms with E-state index in [1.54, 1.807) is 0 Å². The molecule has 12 heavy (non-hydrogen) atoms. The van der Waals surface area contributed by atoms with Gasteiger partial charge in [-0.15, -0.1) is 0 Å². The fraction of sp³-hybridized carbons (Fsp3) is 0. The van der Waals surface area contributed by atoms with Gasteiger partial charge in [0.15, 0.2) is 0 Å². The quantitative estimate of drug-likeness (QED) is 0.533. The third-order valence-electron chi connectivity index (χ3n) is 1.02. The molecule has 0 saturated carbocycles.